The van der Waals surface area contributed by atoms with E-state index in [4.69, 9.17) is 9.72 Å². The molecule has 0 bridgehead atoms. The van der Waals surface area contributed by atoms with E-state index in [2.05, 4.69) is 37.1 Å². The maximum Gasteiger partial charge on any atom is 0.251 e. The van der Waals surface area contributed by atoms with Crippen molar-refractivity contribution in [2.75, 3.05) is 6.61 Å². The zero-order valence-electron chi connectivity index (χ0n) is 22.0. The van der Waals surface area contributed by atoms with Gasteiger partial charge in [0.05, 0.1) is 17.4 Å². The van der Waals surface area contributed by atoms with Crippen LogP contribution in [0.4, 0.5) is 0 Å². The van der Waals surface area contributed by atoms with E-state index in [9.17, 15) is 15.2 Å². The number of aryl methyl sites for hydroxylation is 1. The quantitative estimate of drug-likeness (QED) is 0.390. The molecule has 7 heteroatoms. The van der Waals surface area contributed by atoms with Gasteiger partial charge in [0.15, 0.2) is 0 Å². The first-order valence-electron chi connectivity index (χ1n) is 12.3. The van der Waals surface area contributed by atoms with Crippen molar-refractivity contribution in [2.45, 2.75) is 71.9 Å². The molecule has 1 aromatic heterocycles. The largest absolute Gasteiger partial charge is 0.490 e. The highest BCUT2D eigenvalue weighted by Gasteiger charge is 2.21. The van der Waals surface area contributed by atoms with Crippen molar-refractivity contribution in [3.05, 3.63) is 70.5 Å². The van der Waals surface area contributed by atoms with Gasteiger partial charge in [-0.1, -0.05) is 45.0 Å². The van der Waals surface area contributed by atoms with Crippen molar-refractivity contribution < 1.29 is 14.6 Å². The molecule has 3 N–H and O–H groups in total. The average molecular weight is 489 g/mol. The predicted molar refractivity (Wildman–Crippen MR) is 141 cm³/mol. The number of aliphatic hydroxyl groups is 1. The highest BCUT2D eigenvalue weighted by molar-refractivity contribution is 5.95. The molecular formula is C29H36N4O3. The zero-order valence-corrected chi connectivity index (χ0v) is 22.0. The number of ether oxygens (including phenoxy) is 1. The van der Waals surface area contributed by atoms with Crippen LogP contribution in [0.25, 0.3) is 11.4 Å². The fourth-order valence-corrected chi connectivity index (χ4v) is 4.18. The van der Waals surface area contributed by atoms with E-state index in [0.717, 1.165) is 28.3 Å². The topological polar surface area (TPSA) is 111 Å². The lowest BCUT2D eigenvalue weighted by Gasteiger charge is -2.19. The lowest BCUT2D eigenvalue weighted by molar-refractivity contribution is 0.0930. The number of aliphatic hydroxyl groups excluding tert-OH is 1. The smallest absolute Gasteiger partial charge is 0.251 e. The number of benzene rings is 2. The second-order valence-electron chi connectivity index (χ2n) is 10.4. The Kier molecular flexibility index (Phi) is 8.54. The Morgan fingerprint density at radius 2 is 1.89 bits per heavy atom. The van der Waals surface area contributed by atoms with Gasteiger partial charge in [0, 0.05) is 34.9 Å². The van der Waals surface area contributed by atoms with Crippen molar-refractivity contribution in [1.82, 2.24) is 15.3 Å². The predicted octanol–water partition coefficient (Wildman–Crippen LogP) is 5.07. The minimum absolute atomic E-state index is 0.0131. The lowest BCUT2D eigenvalue weighted by Crippen LogP contribution is -2.37. The van der Waals surface area contributed by atoms with Gasteiger partial charge in [-0.3, -0.25) is 4.79 Å². The summed E-state index contributed by atoms with van der Waals surface area (Å²) in [4.78, 5) is 21.1. The first kappa shape index (κ1) is 27.0. The number of hydrogen-bond donors (Lipinski definition) is 3. The average Bonchev–Trinajstić information content (AvgIpc) is 3.21. The maximum absolute atomic E-state index is 12.9. The molecule has 0 aliphatic carbocycles. The number of carbonyl (C=O) groups is 1. The highest BCUT2D eigenvalue weighted by Crippen LogP contribution is 2.27. The van der Waals surface area contributed by atoms with Gasteiger partial charge >= 0.3 is 0 Å². The van der Waals surface area contributed by atoms with Crippen LogP contribution in [-0.2, 0) is 11.8 Å². The van der Waals surface area contributed by atoms with Gasteiger partial charge in [0.1, 0.15) is 17.6 Å². The fourth-order valence-electron chi connectivity index (χ4n) is 4.18. The molecule has 0 aliphatic heterocycles. The molecule has 7 nitrogen and oxygen atoms in total. The molecule has 3 rings (SSSR count). The van der Waals surface area contributed by atoms with E-state index in [-0.39, 0.29) is 30.1 Å². The number of rotatable bonds is 9. The Bertz CT molecular complexity index is 1230. The molecule has 0 spiro atoms. The van der Waals surface area contributed by atoms with Crippen LogP contribution in [-0.4, -0.2) is 39.7 Å². The number of nitriles is 1. The summed E-state index contributed by atoms with van der Waals surface area (Å²) >= 11 is 0. The van der Waals surface area contributed by atoms with Crippen molar-refractivity contribution >= 4 is 5.91 Å². The van der Waals surface area contributed by atoms with E-state index in [1.54, 1.807) is 12.1 Å². The summed E-state index contributed by atoms with van der Waals surface area (Å²) in [5.41, 5.74) is 4.83. The molecular weight excluding hydrogens is 452 g/mol. The van der Waals surface area contributed by atoms with Gasteiger partial charge in [-0.15, -0.1) is 0 Å². The number of nitrogens with zero attached hydrogens (tertiary/aromatic N) is 2. The summed E-state index contributed by atoms with van der Waals surface area (Å²) < 4.78 is 5.64. The molecule has 190 valence electrons. The van der Waals surface area contributed by atoms with Crippen LogP contribution in [0.1, 0.15) is 73.9 Å². The molecule has 1 amide bonds. The van der Waals surface area contributed by atoms with Gasteiger partial charge in [0.25, 0.3) is 5.91 Å². The van der Waals surface area contributed by atoms with Crippen molar-refractivity contribution in [3.8, 4) is 23.2 Å². The molecule has 0 fully saturated rings. The number of amides is 1. The molecule has 3 aromatic rings. The molecule has 1 heterocycles. The number of imidazole rings is 1. The van der Waals surface area contributed by atoms with Crippen LogP contribution in [0.15, 0.2) is 42.5 Å². The SMILES string of the molecule is Cc1nc(-c2ccc(CC(CCO)NC(=O)c3ccc(OC(C)C)c(C#N)c3)cc2)[nH]c1C(C)(C)C. The second-order valence-corrected chi connectivity index (χ2v) is 10.4. The van der Waals surface area contributed by atoms with Crippen molar-refractivity contribution in [2.24, 2.45) is 0 Å². The number of nitrogens with one attached hydrogen (secondary N) is 2. The summed E-state index contributed by atoms with van der Waals surface area (Å²) in [5.74, 6) is 0.998. The van der Waals surface area contributed by atoms with Crippen LogP contribution in [0.2, 0.25) is 0 Å². The molecule has 0 saturated carbocycles. The Labute approximate surface area is 213 Å². The van der Waals surface area contributed by atoms with E-state index in [1.807, 2.05) is 45.0 Å². The fraction of sp³-hybridized carbons (Fsp3) is 0.414. The Balaban J connectivity index is 1.72. The minimum Gasteiger partial charge on any atom is -0.490 e. The number of hydrogen-bond acceptors (Lipinski definition) is 5. The molecule has 1 unspecified atom stereocenters. The summed E-state index contributed by atoms with van der Waals surface area (Å²) in [7, 11) is 0. The third kappa shape index (κ3) is 6.73. The summed E-state index contributed by atoms with van der Waals surface area (Å²) in [5, 5.41) is 22.0. The number of H-pyrrole nitrogens is 1. The standard InChI is InChI=1S/C29H36N4O3/c1-18(2)36-25-12-11-22(16-23(25)17-30)28(35)32-24(13-14-34)15-20-7-9-21(10-8-20)27-31-19(3)26(33-27)29(4,5)6/h7-12,16,18,24,34H,13-15H2,1-6H3,(H,31,33)(H,32,35). The molecule has 0 aliphatic rings. The van der Waals surface area contributed by atoms with Crippen molar-refractivity contribution in [1.29, 1.82) is 5.26 Å². The molecule has 1 atom stereocenters. The van der Waals surface area contributed by atoms with Gasteiger partial charge < -0.3 is 20.1 Å². The van der Waals surface area contributed by atoms with Crippen LogP contribution < -0.4 is 10.1 Å². The van der Waals surface area contributed by atoms with Crippen LogP contribution in [0.3, 0.4) is 0 Å². The first-order valence-corrected chi connectivity index (χ1v) is 12.3. The Morgan fingerprint density at radius 3 is 2.44 bits per heavy atom. The zero-order chi connectivity index (χ0) is 26.5. The van der Waals surface area contributed by atoms with Gasteiger partial charge in [-0.05, 0) is 57.4 Å². The van der Waals surface area contributed by atoms with E-state index in [1.165, 1.54) is 6.07 Å². The maximum atomic E-state index is 12.9. The summed E-state index contributed by atoms with van der Waals surface area (Å²) in [6, 6.07) is 14.7. The van der Waals surface area contributed by atoms with Gasteiger partial charge in [-0.2, -0.15) is 5.26 Å². The second kappa shape index (κ2) is 11.4. The van der Waals surface area contributed by atoms with Crippen LogP contribution in [0.5, 0.6) is 5.75 Å². The number of aromatic nitrogens is 2. The Hall–Kier alpha value is -3.63. The number of aromatic amines is 1. The Morgan fingerprint density at radius 1 is 1.19 bits per heavy atom. The van der Waals surface area contributed by atoms with Crippen molar-refractivity contribution in [3.63, 3.8) is 0 Å². The minimum atomic E-state index is -0.293. The highest BCUT2D eigenvalue weighted by atomic mass is 16.5. The third-order valence-corrected chi connectivity index (χ3v) is 5.88. The van der Waals surface area contributed by atoms with Gasteiger partial charge in [0.2, 0.25) is 0 Å². The molecule has 0 saturated heterocycles. The van der Waals surface area contributed by atoms with Gasteiger partial charge in [-0.25, -0.2) is 4.98 Å². The first-order chi connectivity index (χ1) is 17.0. The molecule has 2 aromatic carbocycles. The summed E-state index contributed by atoms with van der Waals surface area (Å²) in [6.07, 6.45) is 0.908. The normalized spacial score (nSPS) is 12.3. The van der Waals surface area contributed by atoms with E-state index < -0.39 is 0 Å². The van der Waals surface area contributed by atoms with Crippen LogP contribution in [0, 0.1) is 18.3 Å². The summed E-state index contributed by atoms with van der Waals surface area (Å²) in [6.45, 7) is 12.2. The monoisotopic (exact) mass is 488 g/mol. The van der Waals surface area contributed by atoms with Crippen LogP contribution >= 0.6 is 0 Å². The third-order valence-electron chi connectivity index (χ3n) is 5.88. The van der Waals surface area contributed by atoms with E-state index >= 15 is 0 Å². The number of carbonyl (C=O) groups excluding carboxylic acids is 1. The lowest BCUT2D eigenvalue weighted by atomic mass is 9.91. The molecule has 36 heavy (non-hydrogen) atoms. The molecule has 0 radical (unpaired) electrons. The van der Waals surface area contributed by atoms with E-state index in [0.29, 0.717) is 29.7 Å².